The molecule has 0 radical (unpaired) electrons. The Morgan fingerprint density at radius 3 is 2.64 bits per heavy atom. The summed E-state index contributed by atoms with van der Waals surface area (Å²) in [7, 11) is 1.58. The molecule has 28 heavy (non-hydrogen) atoms. The third-order valence-corrected chi connectivity index (χ3v) is 4.88. The smallest absolute Gasteiger partial charge is 0.258 e. The van der Waals surface area contributed by atoms with Crippen molar-refractivity contribution in [3.05, 3.63) is 34.4 Å². The fraction of sp³-hybridized carbons (Fsp3) is 0.591. The van der Waals surface area contributed by atoms with Gasteiger partial charge in [-0.3, -0.25) is 4.79 Å². The van der Waals surface area contributed by atoms with E-state index in [9.17, 15) is 4.79 Å². The Labute approximate surface area is 173 Å². The summed E-state index contributed by atoms with van der Waals surface area (Å²) < 4.78 is 11.1. The number of hydrogen-bond donors (Lipinski definition) is 2. The molecule has 1 amide bonds. The summed E-state index contributed by atoms with van der Waals surface area (Å²) in [4.78, 5) is 12.0. The Hall–Kier alpha value is -1.72. The van der Waals surface area contributed by atoms with Crippen molar-refractivity contribution < 1.29 is 14.3 Å². The highest BCUT2D eigenvalue weighted by Gasteiger charge is 2.16. The molecule has 0 saturated carbocycles. The Bertz CT molecular complexity index is 696. The van der Waals surface area contributed by atoms with Crippen molar-refractivity contribution in [2.75, 3.05) is 20.3 Å². The van der Waals surface area contributed by atoms with Crippen molar-refractivity contribution >= 4 is 17.5 Å². The van der Waals surface area contributed by atoms with Crippen LogP contribution in [0.3, 0.4) is 0 Å². The maximum absolute atomic E-state index is 12.0. The van der Waals surface area contributed by atoms with Gasteiger partial charge in [-0.25, -0.2) is 0 Å². The second-order valence-electron chi connectivity index (χ2n) is 8.22. The summed E-state index contributed by atoms with van der Waals surface area (Å²) in [6, 6.07) is 3.58. The normalized spacial score (nSPS) is 14.4. The van der Waals surface area contributed by atoms with Crippen LogP contribution in [0.15, 0.2) is 23.8 Å². The van der Waals surface area contributed by atoms with Gasteiger partial charge in [-0.2, -0.15) is 0 Å². The van der Waals surface area contributed by atoms with E-state index in [0.717, 1.165) is 18.5 Å². The Balaban J connectivity index is 1.89. The molecular formula is C22H33ClN2O3. The van der Waals surface area contributed by atoms with Crippen LogP contribution in [0, 0.1) is 0 Å². The van der Waals surface area contributed by atoms with Crippen LogP contribution in [0.1, 0.15) is 58.4 Å². The molecule has 0 bridgehead atoms. The number of carbonyl (C=O) groups is 1. The average molecular weight is 409 g/mol. The number of hydrogen-bond acceptors (Lipinski definition) is 4. The van der Waals surface area contributed by atoms with Crippen LogP contribution in [0.4, 0.5) is 0 Å². The van der Waals surface area contributed by atoms with E-state index in [1.807, 2.05) is 26.8 Å². The van der Waals surface area contributed by atoms with Crippen molar-refractivity contribution in [1.29, 1.82) is 0 Å². The zero-order chi connectivity index (χ0) is 20.6. The summed E-state index contributed by atoms with van der Waals surface area (Å²) in [5.41, 5.74) is 2.20. The van der Waals surface area contributed by atoms with Gasteiger partial charge in [0.25, 0.3) is 5.91 Å². The van der Waals surface area contributed by atoms with Gasteiger partial charge in [0.15, 0.2) is 18.1 Å². The molecule has 0 saturated heterocycles. The number of allylic oxidation sites excluding steroid dienone is 1. The topological polar surface area (TPSA) is 59.6 Å². The van der Waals surface area contributed by atoms with Crippen molar-refractivity contribution in [2.45, 2.75) is 65.0 Å². The second-order valence-corrected chi connectivity index (χ2v) is 8.62. The first-order chi connectivity index (χ1) is 13.3. The van der Waals surface area contributed by atoms with Crippen LogP contribution in [0.5, 0.6) is 11.5 Å². The molecule has 6 heteroatoms. The number of amides is 1. The van der Waals surface area contributed by atoms with Crippen LogP contribution in [0.2, 0.25) is 5.02 Å². The predicted molar refractivity (Wildman–Crippen MR) is 114 cm³/mol. The second kappa shape index (κ2) is 10.7. The van der Waals surface area contributed by atoms with Gasteiger partial charge < -0.3 is 20.1 Å². The number of ether oxygens (including phenoxy) is 2. The fourth-order valence-corrected chi connectivity index (χ4v) is 3.41. The Morgan fingerprint density at radius 2 is 2.00 bits per heavy atom. The SMILES string of the molecule is COc1cc(CNCCC2=CCCCC2)c(Cl)cc1OCC(=O)NC(C)(C)C. The van der Waals surface area contributed by atoms with Crippen molar-refractivity contribution in [2.24, 2.45) is 0 Å². The number of nitrogens with one attached hydrogen (secondary N) is 2. The van der Waals surface area contributed by atoms with Crippen LogP contribution >= 0.6 is 11.6 Å². The molecule has 156 valence electrons. The minimum Gasteiger partial charge on any atom is -0.493 e. The Morgan fingerprint density at radius 1 is 1.21 bits per heavy atom. The number of methoxy groups -OCH3 is 1. The van der Waals surface area contributed by atoms with Crippen LogP contribution in [-0.4, -0.2) is 31.7 Å². The molecule has 0 atom stereocenters. The zero-order valence-electron chi connectivity index (χ0n) is 17.5. The molecule has 0 spiro atoms. The summed E-state index contributed by atoms with van der Waals surface area (Å²) >= 11 is 6.42. The fourth-order valence-electron chi connectivity index (χ4n) is 3.19. The van der Waals surface area contributed by atoms with E-state index in [1.165, 1.54) is 25.7 Å². The average Bonchev–Trinajstić information content (AvgIpc) is 2.64. The van der Waals surface area contributed by atoms with Crippen LogP contribution < -0.4 is 20.1 Å². The Kier molecular flexibility index (Phi) is 8.64. The lowest BCUT2D eigenvalue weighted by atomic mass is 9.97. The van der Waals surface area contributed by atoms with Crippen molar-refractivity contribution in [3.63, 3.8) is 0 Å². The molecule has 1 aliphatic carbocycles. The third kappa shape index (κ3) is 7.72. The molecule has 2 rings (SSSR count). The molecule has 0 unspecified atom stereocenters. The zero-order valence-corrected chi connectivity index (χ0v) is 18.2. The monoisotopic (exact) mass is 408 g/mol. The molecule has 0 heterocycles. The van der Waals surface area contributed by atoms with E-state index in [4.69, 9.17) is 21.1 Å². The van der Waals surface area contributed by atoms with Gasteiger partial charge in [0.1, 0.15) is 0 Å². The maximum atomic E-state index is 12.0. The van der Waals surface area contributed by atoms with E-state index in [0.29, 0.717) is 23.1 Å². The van der Waals surface area contributed by atoms with Gasteiger partial charge in [0.2, 0.25) is 0 Å². The van der Waals surface area contributed by atoms with Gasteiger partial charge in [0, 0.05) is 23.2 Å². The predicted octanol–water partition coefficient (Wildman–Crippen LogP) is 4.62. The maximum Gasteiger partial charge on any atom is 0.258 e. The van der Waals surface area contributed by atoms with E-state index < -0.39 is 0 Å². The molecule has 1 aromatic carbocycles. The molecule has 5 nitrogen and oxygen atoms in total. The van der Waals surface area contributed by atoms with Gasteiger partial charge in [-0.1, -0.05) is 23.3 Å². The van der Waals surface area contributed by atoms with Crippen molar-refractivity contribution in [3.8, 4) is 11.5 Å². The molecule has 1 aromatic rings. The highest BCUT2D eigenvalue weighted by Crippen LogP contribution is 2.33. The number of carbonyl (C=O) groups excluding carboxylic acids is 1. The van der Waals surface area contributed by atoms with Gasteiger partial charge in [-0.15, -0.1) is 0 Å². The number of rotatable bonds is 9. The summed E-state index contributed by atoms with van der Waals surface area (Å²) in [5, 5.41) is 6.91. The quantitative estimate of drug-likeness (QED) is 0.462. The lowest BCUT2D eigenvalue weighted by Crippen LogP contribution is -2.43. The highest BCUT2D eigenvalue weighted by molar-refractivity contribution is 6.31. The summed E-state index contributed by atoms with van der Waals surface area (Å²) in [6.07, 6.45) is 8.53. The first-order valence-electron chi connectivity index (χ1n) is 9.97. The molecule has 1 aliphatic rings. The minimum atomic E-state index is -0.300. The van der Waals surface area contributed by atoms with E-state index in [-0.39, 0.29) is 18.1 Å². The molecule has 0 fully saturated rings. The lowest BCUT2D eigenvalue weighted by molar-refractivity contribution is -0.124. The van der Waals surface area contributed by atoms with Crippen LogP contribution in [0.25, 0.3) is 0 Å². The van der Waals surface area contributed by atoms with Crippen molar-refractivity contribution in [1.82, 2.24) is 10.6 Å². The third-order valence-electron chi connectivity index (χ3n) is 4.53. The van der Waals surface area contributed by atoms with Gasteiger partial charge >= 0.3 is 0 Å². The molecule has 0 aliphatic heterocycles. The van der Waals surface area contributed by atoms with E-state index in [1.54, 1.807) is 18.7 Å². The number of benzene rings is 1. The molecular weight excluding hydrogens is 376 g/mol. The standard InChI is InChI=1S/C22H33ClN2O3/c1-22(2,3)25-21(26)15-28-20-13-18(23)17(12-19(20)27-4)14-24-11-10-16-8-6-5-7-9-16/h8,12-13,24H,5-7,9-11,14-15H2,1-4H3,(H,25,26). The van der Waals surface area contributed by atoms with E-state index in [2.05, 4.69) is 16.7 Å². The number of halogens is 1. The minimum absolute atomic E-state index is 0.0866. The lowest BCUT2D eigenvalue weighted by Gasteiger charge is -2.21. The van der Waals surface area contributed by atoms with E-state index >= 15 is 0 Å². The molecule has 0 aromatic heterocycles. The molecule has 2 N–H and O–H groups in total. The highest BCUT2D eigenvalue weighted by atomic mass is 35.5. The first-order valence-corrected chi connectivity index (χ1v) is 10.3. The first kappa shape index (κ1) is 22.6. The van der Waals surface area contributed by atoms with Gasteiger partial charge in [0.05, 0.1) is 7.11 Å². The van der Waals surface area contributed by atoms with Gasteiger partial charge in [-0.05, 0) is 71.0 Å². The van der Waals surface area contributed by atoms with Crippen LogP contribution in [-0.2, 0) is 11.3 Å². The largest absolute Gasteiger partial charge is 0.493 e. The summed E-state index contributed by atoms with van der Waals surface area (Å²) in [5.74, 6) is 0.848. The summed E-state index contributed by atoms with van der Waals surface area (Å²) in [6.45, 7) is 7.28.